The second-order valence-electron chi connectivity index (χ2n) is 9.95. The lowest BCUT2D eigenvalue weighted by Gasteiger charge is -2.26. The zero-order valence-electron chi connectivity index (χ0n) is 23.4. The van der Waals surface area contributed by atoms with Crippen LogP contribution in [0.4, 0.5) is 4.79 Å². The van der Waals surface area contributed by atoms with Crippen LogP contribution in [0.2, 0.25) is 0 Å². The van der Waals surface area contributed by atoms with Crippen LogP contribution in [0.1, 0.15) is 27.2 Å². The number of nitrogens with two attached hydrogens (primary N) is 1. The quantitative estimate of drug-likeness (QED) is 0.136. The molecule has 0 aromatic carbocycles. The van der Waals surface area contributed by atoms with Crippen molar-refractivity contribution in [1.29, 1.82) is 0 Å². The fraction of sp³-hybridized carbons (Fsp3) is 0.875. The fourth-order valence-electron chi connectivity index (χ4n) is 2.45. The summed E-state index contributed by atoms with van der Waals surface area (Å²) >= 11 is 0. The molecule has 0 saturated carbocycles. The molecule has 0 aromatic rings. The van der Waals surface area contributed by atoms with Crippen LogP contribution in [0.25, 0.3) is 0 Å². The molecule has 0 aromatic heterocycles. The molecule has 2 amide bonds. The summed E-state index contributed by atoms with van der Waals surface area (Å²) in [6, 6.07) is -1.07. The van der Waals surface area contributed by atoms with Gasteiger partial charge in [-0.25, -0.2) is 19.6 Å². The summed E-state index contributed by atoms with van der Waals surface area (Å²) < 4.78 is 31.9. The predicted octanol–water partition coefficient (Wildman–Crippen LogP) is 0.648. The largest absolute Gasteiger partial charge is 0.463 e. The van der Waals surface area contributed by atoms with E-state index >= 15 is 0 Å². The highest BCUT2D eigenvalue weighted by Crippen LogP contribution is 2.33. The smallest absolute Gasteiger partial charge is 0.408 e. The van der Waals surface area contributed by atoms with Crippen molar-refractivity contribution in [3.63, 3.8) is 0 Å². The molecular formula is C24H49N3O9S. The number of esters is 1. The van der Waals surface area contributed by atoms with Gasteiger partial charge in [0.1, 0.15) is 11.6 Å². The molecule has 0 radical (unpaired) electrons. The van der Waals surface area contributed by atoms with Crippen LogP contribution in [-0.2, 0) is 38.0 Å². The first-order valence-corrected chi connectivity index (χ1v) is 15.5. The van der Waals surface area contributed by atoms with Crippen LogP contribution in [0.5, 0.6) is 0 Å². The van der Waals surface area contributed by atoms with Crippen molar-refractivity contribution in [3.05, 3.63) is 0 Å². The minimum Gasteiger partial charge on any atom is -0.463 e. The maximum atomic E-state index is 12.5. The van der Waals surface area contributed by atoms with Crippen LogP contribution in [0, 0.1) is 0 Å². The molecule has 0 rings (SSSR count). The molecule has 1 atom stereocenters. The molecule has 13 heteroatoms. The Hall–Kier alpha value is -1.64. The Labute approximate surface area is 223 Å². The molecule has 0 heterocycles. The molecule has 37 heavy (non-hydrogen) atoms. The SMILES string of the molecule is CC(C)(C)OC(=O)N[C@H](CNC(=O)CCOCCOCCOCCOCCN)C(=O)OCCS(C)(C)C. The van der Waals surface area contributed by atoms with Crippen molar-refractivity contribution in [2.24, 2.45) is 5.73 Å². The summed E-state index contributed by atoms with van der Waals surface area (Å²) in [5, 5.41) is 5.11. The lowest BCUT2D eigenvalue weighted by atomic mass is 10.2. The summed E-state index contributed by atoms with van der Waals surface area (Å²) in [5.41, 5.74) is 4.59. The zero-order chi connectivity index (χ0) is 28.2. The standard InChI is InChI=1S/C24H49N3O9S/c1-24(2,3)36-23(30)27-20(22(29)35-17-18-37(4,5)6)19-26-21(28)7-9-31-11-13-33-15-16-34-14-12-32-10-8-25/h20H,7-19,25H2,1-6H3,(H,26,28)(H,27,30)/t20-/m1/s1. The molecule has 0 bridgehead atoms. The van der Waals surface area contributed by atoms with Gasteiger partial charge in [0.2, 0.25) is 5.91 Å². The number of nitrogens with one attached hydrogen (secondary N) is 2. The minimum atomic E-state index is -1.07. The van der Waals surface area contributed by atoms with Crippen molar-refractivity contribution in [1.82, 2.24) is 10.6 Å². The lowest BCUT2D eigenvalue weighted by molar-refractivity contribution is -0.145. The van der Waals surface area contributed by atoms with Crippen molar-refractivity contribution in [2.75, 3.05) is 97.1 Å². The van der Waals surface area contributed by atoms with E-state index in [2.05, 4.69) is 29.4 Å². The highest BCUT2D eigenvalue weighted by Gasteiger charge is 2.26. The molecule has 4 N–H and O–H groups in total. The lowest BCUT2D eigenvalue weighted by Crippen LogP contribution is -2.50. The Morgan fingerprint density at radius 3 is 1.81 bits per heavy atom. The molecule has 0 unspecified atom stereocenters. The normalized spacial score (nSPS) is 13.1. The fourth-order valence-corrected chi connectivity index (χ4v) is 3.03. The van der Waals surface area contributed by atoms with Gasteiger partial charge < -0.3 is 44.8 Å². The molecule has 220 valence electrons. The summed E-state index contributed by atoms with van der Waals surface area (Å²) in [5.74, 6) is -0.216. The van der Waals surface area contributed by atoms with E-state index in [1.165, 1.54) is 0 Å². The van der Waals surface area contributed by atoms with Gasteiger partial charge in [-0.05, 0) is 39.5 Å². The van der Waals surface area contributed by atoms with E-state index in [4.69, 9.17) is 34.2 Å². The van der Waals surface area contributed by atoms with Gasteiger partial charge in [-0.1, -0.05) is 0 Å². The molecule has 0 spiro atoms. The Bertz CT molecular complexity index is 640. The Kier molecular flexibility index (Phi) is 19.4. The second kappa shape index (κ2) is 20.3. The maximum Gasteiger partial charge on any atom is 0.408 e. The van der Waals surface area contributed by atoms with Crippen molar-refractivity contribution < 1.29 is 42.8 Å². The first kappa shape index (κ1) is 35.4. The van der Waals surface area contributed by atoms with Crippen LogP contribution in [0.3, 0.4) is 0 Å². The van der Waals surface area contributed by atoms with E-state index in [1.807, 2.05) is 0 Å². The Balaban J connectivity index is 4.19. The number of ether oxygens (including phenoxy) is 6. The van der Waals surface area contributed by atoms with Crippen LogP contribution < -0.4 is 16.4 Å². The molecule has 0 fully saturated rings. The number of amides is 2. The third-order valence-electron chi connectivity index (χ3n) is 4.27. The van der Waals surface area contributed by atoms with Gasteiger partial charge in [0, 0.05) is 25.3 Å². The highest BCUT2D eigenvalue weighted by atomic mass is 32.3. The van der Waals surface area contributed by atoms with Gasteiger partial charge >= 0.3 is 12.1 Å². The Morgan fingerprint density at radius 2 is 1.32 bits per heavy atom. The number of carbonyl (C=O) groups is 3. The van der Waals surface area contributed by atoms with E-state index in [1.54, 1.807) is 20.8 Å². The van der Waals surface area contributed by atoms with Gasteiger partial charge in [0.05, 0.1) is 59.5 Å². The van der Waals surface area contributed by atoms with Crippen molar-refractivity contribution in [2.45, 2.75) is 38.8 Å². The molecule has 0 saturated heterocycles. The average Bonchev–Trinajstić information content (AvgIpc) is 2.77. The van der Waals surface area contributed by atoms with E-state index in [9.17, 15) is 14.4 Å². The minimum absolute atomic E-state index is 0.0908. The first-order valence-electron chi connectivity index (χ1n) is 12.4. The van der Waals surface area contributed by atoms with Crippen LogP contribution in [-0.4, -0.2) is 127 Å². The monoisotopic (exact) mass is 555 g/mol. The van der Waals surface area contributed by atoms with Gasteiger partial charge in [0.25, 0.3) is 0 Å². The van der Waals surface area contributed by atoms with Crippen LogP contribution in [0.15, 0.2) is 0 Å². The average molecular weight is 556 g/mol. The van der Waals surface area contributed by atoms with E-state index < -0.39 is 33.7 Å². The first-order chi connectivity index (χ1) is 17.3. The number of hydrogen-bond acceptors (Lipinski definition) is 10. The number of alkyl carbamates (subject to hydrolysis) is 1. The molecule has 12 nitrogen and oxygen atoms in total. The zero-order valence-corrected chi connectivity index (χ0v) is 24.2. The molecule has 0 aliphatic rings. The van der Waals surface area contributed by atoms with Crippen LogP contribution >= 0.6 is 10.0 Å². The van der Waals surface area contributed by atoms with Gasteiger partial charge in [-0.2, -0.15) is 0 Å². The maximum absolute atomic E-state index is 12.5. The summed E-state index contributed by atoms with van der Waals surface area (Å²) in [4.78, 5) is 36.9. The van der Waals surface area contributed by atoms with Gasteiger partial charge in [-0.3, -0.25) is 4.79 Å². The molecular weight excluding hydrogens is 506 g/mol. The topological polar surface area (TPSA) is 157 Å². The van der Waals surface area contributed by atoms with Crippen molar-refractivity contribution in [3.8, 4) is 0 Å². The second-order valence-corrected chi connectivity index (χ2v) is 14.5. The number of rotatable bonds is 21. The summed E-state index contributed by atoms with van der Waals surface area (Å²) in [6.07, 6.45) is 5.67. The Morgan fingerprint density at radius 1 is 0.811 bits per heavy atom. The summed E-state index contributed by atoms with van der Waals surface area (Å²) in [6.45, 7) is 9.03. The van der Waals surface area contributed by atoms with E-state index in [0.717, 1.165) is 5.75 Å². The van der Waals surface area contributed by atoms with Gasteiger partial charge in [-0.15, -0.1) is 0 Å². The van der Waals surface area contributed by atoms with E-state index in [-0.39, 0.29) is 32.1 Å². The molecule has 0 aliphatic carbocycles. The molecule has 0 aliphatic heterocycles. The highest BCUT2D eigenvalue weighted by molar-refractivity contribution is 8.32. The number of hydrogen-bond donors (Lipinski definition) is 3. The predicted molar refractivity (Wildman–Crippen MR) is 144 cm³/mol. The number of carbonyl (C=O) groups excluding carboxylic acids is 3. The van der Waals surface area contributed by atoms with Crippen molar-refractivity contribution >= 4 is 28.0 Å². The summed E-state index contributed by atoms with van der Waals surface area (Å²) in [7, 11) is -0.842. The third-order valence-corrected chi connectivity index (χ3v) is 5.66. The third kappa shape index (κ3) is 24.5. The van der Waals surface area contributed by atoms with Gasteiger partial charge in [0.15, 0.2) is 0 Å². The van der Waals surface area contributed by atoms with E-state index in [0.29, 0.717) is 52.8 Å².